The highest BCUT2D eigenvalue weighted by atomic mass is 32.2. The molecule has 1 aliphatic carbocycles. The third-order valence-corrected chi connectivity index (χ3v) is 9.51. The van der Waals surface area contributed by atoms with Gasteiger partial charge < -0.3 is 5.32 Å². The largest absolute Gasteiger partial charge is 0.416 e. The van der Waals surface area contributed by atoms with Crippen LogP contribution in [0.1, 0.15) is 45.1 Å². The number of halogens is 3. The Kier molecular flexibility index (Phi) is 6.04. The maximum absolute atomic E-state index is 13.8. The summed E-state index contributed by atoms with van der Waals surface area (Å²) in [5, 5.41) is 3.22. The number of rotatable bonds is 4. The van der Waals surface area contributed by atoms with Crippen molar-refractivity contribution in [3.8, 4) is 11.1 Å². The molecule has 0 radical (unpaired) electrons. The van der Waals surface area contributed by atoms with Crippen molar-refractivity contribution in [2.75, 3.05) is 33.4 Å². The quantitative estimate of drug-likeness (QED) is 0.607. The molecule has 7 nitrogen and oxygen atoms in total. The molecule has 1 amide bonds. The van der Waals surface area contributed by atoms with E-state index in [2.05, 4.69) is 5.32 Å². The lowest BCUT2D eigenvalue weighted by atomic mass is 9.73. The fraction of sp³-hybridized carbons (Fsp3) is 0.462. The van der Waals surface area contributed by atoms with Crippen LogP contribution in [0.15, 0.2) is 36.4 Å². The molecule has 0 unspecified atom stereocenters. The number of sulfonamides is 1. The molecule has 1 saturated heterocycles. The molecule has 11 heteroatoms. The summed E-state index contributed by atoms with van der Waals surface area (Å²) in [6.45, 7) is 3.44. The molecule has 1 atom stereocenters. The van der Waals surface area contributed by atoms with Crippen LogP contribution >= 0.6 is 0 Å². The molecule has 0 spiro atoms. The summed E-state index contributed by atoms with van der Waals surface area (Å²) in [7, 11) is -3.68. The van der Waals surface area contributed by atoms with Gasteiger partial charge in [0.1, 0.15) is 5.54 Å². The van der Waals surface area contributed by atoms with Crippen molar-refractivity contribution in [3.63, 3.8) is 0 Å². The number of hydrogen-bond acceptors (Lipinski definition) is 5. The van der Waals surface area contributed by atoms with E-state index in [9.17, 15) is 31.2 Å². The van der Waals surface area contributed by atoms with Gasteiger partial charge in [0.25, 0.3) is 0 Å². The summed E-state index contributed by atoms with van der Waals surface area (Å²) in [6.07, 6.45) is -1.74. The first-order valence-corrected chi connectivity index (χ1v) is 13.9. The van der Waals surface area contributed by atoms with E-state index in [1.807, 2.05) is 0 Å². The lowest BCUT2D eigenvalue weighted by Crippen LogP contribution is -2.63. The number of amides is 1. The van der Waals surface area contributed by atoms with E-state index < -0.39 is 27.3 Å². The lowest BCUT2D eigenvalue weighted by molar-refractivity contribution is -0.137. The predicted molar refractivity (Wildman–Crippen MR) is 135 cm³/mol. The van der Waals surface area contributed by atoms with Crippen molar-refractivity contribution >= 4 is 38.8 Å². The molecule has 1 saturated carbocycles. The van der Waals surface area contributed by atoms with Gasteiger partial charge in [0.15, 0.2) is 5.78 Å². The molecule has 2 fully saturated rings. The highest BCUT2D eigenvalue weighted by Crippen LogP contribution is 2.44. The van der Waals surface area contributed by atoms with Gasteiger partial charge in [-0.3, -0.25) is 18.8 Å². The van der Waals surface area contributed by atoms with Crippen molar-refractivity contribution in [2.24, 2.45) is 5.92 Å². The zero-order valence-corrected chi connectivity index (χ0v) is 21.4. The number of ketones is 1. The molecule has 1 N–H and O–H groups in total. The van der Waals surface area contributed by atoms with Crippen LogP contribution in [0.4, 0.5) is 30.2 Å². The SMILES string of the molecule is CC(=O)N1c2ccc(-c3cc(N4CCCS4(=O)=O)cc(C(F)(F)F)c3)cc2NC[C@@]1(C)C(=O)C1CCC1. The van der Waals surface area contributed by atoms with Crippen LogP contribution in [-0.4, -0.2) is 44.5 Å². The average Bonchev–Trinajstić information content (AvgIpc) is 3.15. The molecule has 37 heavy (non-hydrogen) atoms. The van der Waals surface area contributed by atoms with Crippen molar-refractivity contribution in [2.45, 2.75) is 51.2 Å². The van der Waals surface area contributed by atoms with E-state index >= 15 is 0 Å². The average molecular weight is 536 g/mol. The van der Waals surface area contributed by atoms with E-state index in [0.717, 1.165) is 35.7 Å². The highest BCUT2D eigenvalue weighted by Gasteiger charge is 2.48. The van der Waals surface area contributed by atoms with Gasteiger partial charge in [0.2, 0.25) is 15.9 Å². The third-order valence-electron chi connectivity index (χ3n) is 7.64. The van der Waals surface area contributed by atoms with Crippen LogP contribution in [0.3, 0.4) is 0 Å². The Morgan fingerprint density at radius 3 is 2.35 bits per heavy atom. The third kappa shape index (κ3) is 4.36. The molecule has 0 bridgehead atoms. The van der Waals surface area contributed by atoms with Gasteiger partial charge in [0, 0.05) is 25.9 Å². The number of alkyl halides is 3. The second-order valence-corrected chi connectivity index (χ2v) is 12.2. The number of anilines is 3. The smallest absolute Gasteiger partial charge is 0.381 e. The van der Waals surface area contributed by atoms with Crippen molar-refractivity contribution < 1.29 is 31.2 Å². The maximum Gasteiger partial charge on any atom is 0.416 e. The van der Waals surface area contributed by atoms with Gasteiger partial charge in [-0.1, -0.05) is 12.5 Å². The maximum atomic E-state index is 13.8. The molecule has 0 aromatic heterocycles. The van der Waals surface area contributed by atoms with Gasteiger partial charge in [-0.2, -0.15) is 13.2 Å². The predicted octanol–water partition coefficient (Wildman–Crippen LogP) is 4.82. The molecule has 2 aliphatic heterocycles. The number of Topliss-reactive ketones (excluding diaryl/α,β-unsaturated/α-hetero) is 1. The van der Waals surface area contributed by atoms with E-state index in [1.54, 1.807) is 25.1 Å². The summed E-state index contributed by atoms with van der Waals surface area (Å²) < 4.78 is 67.2. The Morgan fingerprint density at radius 1 is 1.05 bits per heavy atom. The van der Waals surface area contributed by atoms with Crippen LogP contribution in [-0.2, 0) is 25.8 Å². The van der Waals surface area contributed by atoms with Crippen molar-refractivity contribution in [3.05, 3.63) is 42.0 Å². The topological polar surface area (TPSA) is 86.8 Å². The lowest BCUT2D eigenvalue weighted by Gasteiger charge is -2.47. The minimum Gasteiger partial charge on any atom is -0.381 e. The zero-order chi connectivity index (χ0) is 26.8. The van der Waals surface area contributed by atoms with E-state index in [1.165, 1.54) is 17.9 Å². The van der Waals surface area contributed by atoms with Crippen LogP contribution in [0.2, 0.25) is 0 Å². The number of nitrogens with one attached hydrogen (secondary N) is 1. The second kappa shape index (κ2) is 8.75. The number of carbonyl (C=O) groups is 2. The van der Waals surface area contributed by atoms with Crippen molar-refractivity contribution in [1.82, 2.24) is 0 Å². The molecule has 3 aliphatic rings. The summed E-state index contributed by atoms with van der Waals surface area (Å²) in [5.74, 6) is -0.489. The minimum absolute atomic E-state index is 0.00511. The number of fused-ring (bicyclic) bond motifs is 1. The van der Waals surface area contributed by atoms with E-state index in [-0.39, 0.29) is 47.7 Å². The normalized spacial score (nSPS) is 23.3. The number of hydrogen-bond donors (Lipinski definition) is 1. The molecule has 198 valence electrons. The summed E-state index contributed by atoms with van der Waals surface area (Å²) in [5.41, 5.74) is -0.434. The van der Waals surface area contributed by atoms with Gasteiger partial charge in [-0.05, 0) is 67.6 Å². The second-order valence-electron chi connectivity index (χ2n) is 10.2. The molecular weight excluding hydrogens is 507 g/mol. The van der Waals surface area contributed by atoms with Crippen LogP contribution in [0.25, 0.3) is 11.1 Å². The first-order chi connectivity index (χ1) is 17.3. The van der Waals surface area contributed by atoms with Gasteiger partial charge >= 0.3 is 6.18 Å². The first-order valence-electron chi connectivity index (χ1n) is 12.3. The van der Waals surface area contributed by atoms with Gasteiger partial charge in [0.05, 0.1) is 28.4 Å². The number of nitrogens with zero attached hydrogens (tertiary/aromatic N) is 2. The molecule has 5 rings (SSSR count). The Balaban J connectivity index is 1.57. The van der Waals surface area contributed by atoms with Crippen molar-refractivity contribution in [1.29, 1.82) is 0 Å². The minimum atomic E-state index is -4.67. The van der Waals surface area contributed by atoms with Crippen LogP contribution in [0, 0.1) is 5.92 Å². The molecule has 2 aromatic rings. The van der Waals surface area contributed by atoms with E-state index in [4.69, 9.17) is 0 Å². The fourth-order valence-corrected chi connectivity index (χ4v) is 7.05. The highest BCUT2D eigenvalue weighted by molar-refractivity contribution is 7.93. The summed E-state index contributed by atoms with van der Waals surface area (Å²) in [4.78, 5) is 27.5. The summed E-state index contributed by atoms with van der Waals surface area (Å²) >= 11 is 0. The Bertz CT molecular complexity index is 1390. The molecule has 2 aromatic carbocycles. The Hall–Kier alpha value is -3.08. The van der Waals surface area contributed by atoms with Gasteiger partial charge in [-0.25, -0.2) is 8.42 Å². The monoisotopic (exact) mass is 535 g/mol. The van der Waals surface area contributed by atoms with Crippen LogP contribution in [0.5, 0.6) is 0 Å². The number of benzene rings is 2. The number of carbonyl (C=O) groups excluding carboxylic acids is 2. The van der Waals surface area contributed by atoms with E-state index in [0.29, 0.717) is 23.4 Å². The molecule has 2 heterocycles. The summed E-state index contributed by atoms with van der Waals surface area (Å²) in [6, 6.07) is 8.14. The fourth-order valence-electron chi connectivity index (χ4n) is 5.50. The standard InChI is InChI=1S/C26H28F3N3O4S/c1-16(33)32-23-8-7-18(13-22(23)30-15-25(32,2)24(34)17-5-3-6-17)19-11-20(26(27,28)29)14-21(12-19)31-9-4-10-37(31,35)36/h7-8,11-14,17,30H,3-6,9-10,15H2,1-2H3/t25-/m0/s1. The van der Waals surface area contributed by atoms with Crippen LogP contribution < -0.4 is 14.5 Å². The van der Waals surface area contributed by atoms with Gasteiger partial charge in [-0.15, -0.1) is 0 Å². The first kappa shape index (κ1) is 25.6. The zero-order valence-electron chi connectivity index (χ0n) is 20.6. The Morgan fingerprint density at radius 2 is 1.78 bits per heavy atom. The molecular formula is C26H28F3N3O4S. The Labute approximate surface area is 213 Å².